The van der Waals surface area contributed by atoms with Crippen molar-refractivity contribution in [2.24, 2.45) is 0 Å². The number of amides is 1. The second kappa shape index (κ2) is 5.72. The molecule has 18 heavy (non-hydrogen) atoms. The number of benzene rings is 1. The number of carbonyl (C=O) groups excluding carboxylic acids is 1. The Morgan fingerprint density at radius 3 is 2.17 bits per heavy atom. The van der Waals surface area contributed by atoms with Crippen LogP contribution in [0.3, 0.4) is 0 Å². The van der Waals surface area contributed by atoms with E-state index in [1.54, 1.807) is 0 Å². The Labute approximate surface area is 103 Å². The molecule has 0 radical (unpaired) electrons. The molecule has 0 aliphatic rings. The van der Waals surface area contributed by atoms with Gasteiger partial charge in [0.1, 0.15) is 0 Å². The monoisotopic (exact) mass is 274 g/mol. The van der Waals surface area contributed by atoms with E-state index < -0.39 is 18.6 Å². The van der Waals surface area contributed by atoms with Crippen LogP contribution in [0.15, 0.2) is 24.3 Å². The highest BCUT2D eigenvalue weighted by Gasteiger charge is 2.25. The molecule has 1 amide bonds. The lowest BCUT2D eigenvalue weighted by atomic mass is 10.2. The summed E-state index contributed by atoms with van der Waals surface area (Å²) < 4.78 is 20.7. The number of carbonyl (C=O) groups is 1. The Balaban J connectivity index is 2.85. The molecule has 98 valence electrons. The number of non-ortho nitro benzene ring substituents is 1. The van der Waals surface area contributed by atoms with Gasteiger partial charge in [-0.25, -0.2) is 4.57 Å². The minimum absolute atomic E-state index is 0.106. The van der Waals surface area contributed by atoms with Gasteiger partial charge in [-0.1, -0.05) is 0 Å². The van der Waals surface area contributed by atoms with E-state index in [1.165, 1.54) is 24.3 Å². The van der Waals surface area contributed by atoms with Gasteiger partial charge in [-0.05, 0) is 12.1 Å². The maximum absolute atomic E-state index is 11.6. The number of nitro groups is 1. The van der Waals surface area contributed by atoms with Crippen molar-refractivity contribution >= 4 is 19.3 Å². The van der Waals surface area contributed by atoms with E-state index in [1.807, 2.05) is 0 Å². The number of nitrogens with zero attached hydrogens (tertiary/aromatic N) is 1. The number of hydrogen-bond acceptors (Lipinski definition) is 6. The maximum Gasteiger partial charge on any atom is 0.434 e. The fraction of sp³-hybridized carbons (Fsp3) is 0.222. The summed E-state index contributed by atoms with van der Waals surface area (Å²) in [6.07, 6.45) is 0. The van der Waals surface area contributed by atoms with Gasteiger partial charge in [-0.3, -0.25) is 29.0 Å². The number of hydrogen-bond donors (Lipinski definition) is 1. The van der Waals surface area contributed by atoms with E-state index in [0.717, 1.165) is 14.2 Å². The van der Waals surface area contributed by atoms with Crippen molar-refractivity contribution in [2.45, 2.75) is 0 Å². The Kier molecular flexibility index (Phi) is 4.55. The number of rotatable bonds is 5. The zero-order valence-corrected chi connectivity index (χ0v) is 10.5. The molecule has 0 fully saturated rings. The lowest BCUT2D eigenvalue weighted by molar-refractivity contribution is -0.384. The first-order valence-electron chi connectivity index (χ1n) is 4.70. The van der Waals surface area contributed by atoms with Crippen LogP contribution >= 0.6 is 7.75 Å². The van der Waals surface area contributed by atoms with Crippen LogP contribution in [0.5, 0.6) is 0 Å². The largest absolute Gasteiger partial charge is 0.434 e. The molecule has 8 nitrogen and oxygen atoms in total. The highest BCUT2D eigenvalue weighted by atomic mass is 31.2. The standard InChI is InChI=1S/C9H11N2O6P/c1-16-18(15,17-2)10-9(12)7-3-5-8(6-4-7)11(13)14/h3-6H,1-2H3,(H,10,12,15). The molecule has 0 spiro atoms. The molecular formula is C9H11N2O6P. The van der Waals surface area contributed by atoms with Crippen LogP contribution in [0.2, 0.25) is 0 Å². The molecule has 0 atom stereocenters. The normalized spacial score (nSPS) is 11.0. The Bertz CT molecular complexity index is 492. The van der Waals surface area contributed by atoms with Crippen molar-refractivity contribution in [2.75, 3.05) is 14.2 Å². The summed E-state index contributed by atoms with van der Waals surface area (Å²) >= 11 is 0. The average molecular weight is 274 g/mol. The quantitative estimate of drug-likeness (QED) is 0.497. The van der Waals surface area contributed by atoms with Crippen LogP contribution in [0.25, 0.3) is 0 Å². The third-order valence-electron chi connectivity index (χ3n) is 2.06. The van der Waals surface area contributed by atoms with Crippen molar-refractivity contribution in [3.05, 3.63) is 39.9 Å². The first kappa shape index (κ1) is 14.3. The molecular weight excluding hydrogens is 263 g/mol. The van der Waals surface area contributed by atoms with Gasteiger partial charge >= 0.3 is 7.75 Å². The lowest BCUT2D eigenvalue weighted by Gasteiger charge is -2.14. The summed E-state index contributed by atoms with van der Waals surface area (Å²) in [5.74, 6) is -0.711. The molecule has 0 aliphatic carbocycles. The van der Waals surface area contributed by atoms with Crippen LogP contribution in [0.4, 0.5) is 5.69 Å². The smallest absolute Gasteiger partial charge is 0.296 e. The predicted octanol–water partition coefficient (Wildman–Crippen LogP) is 1.73. The average Bonchev–Trinajstić information content (AvgIpc) is 2.38. The molecule has 0 aliphatic heterocycles. The first-order chi connectivity index (χ1) is 8.41. The number of nitro benzene ring substituents is 1. The Morgan fingerprint density at radius 1 is 1.28 bits per heavy atom. The third kappa shape index (κ3) is 3.36. The Hall–Kier alpha value is -1.76. The summed E-state index contributed by atoms with van der Waals surface area (Å²) in [5, 5.41) is 12.5. The summed E-state index contributed by atoms with van der Waals surface area (Å²) in [4.78, 5) is 21.5. The van der Waals surface area contributed by atoms with Crippen molar-refractivity contribution < 1.29 is 23.3 Å². The molecule has 1 N–H and O–H groups in total. The maximum atomic E-state index is 11.6. The van der Waals surface area contributed by atoms with Gasteiger partial charge in [0.15, 0.2) is 0 Å². The summed E-state index contributed by atoms with van der Waals surface area (Å²) in [7, 11) is -1.42. The van der Waals surface area contributed by atoms with Crippen LogP contribution in [0, 0.1) is 10.1 Å². The summed E-state index contributed by atoms with van der Waals surface area (Å²) in [5.41, 5.74) is -0.0388. The fourth-order valence-corrected chi connectivity index (χ4v) is 1.80. The van der Waals surface area contributed by atoms with Gasteiger partial charge in [0, 0.05) is 31.9 Å². The van der Waals surface area contributed by atoms with E-state index in [4.69, 9.17) is 0 Å². The number of nitrogens with one attached hydrogen (secondary N) is 1. The van der Waals surface area contributed by atoms with Crippen LogP contribution < -0.4 is 5.09 Å². The van der Waals surface area contributed by atoms with Gasteiger partial charge in [0.2, 0.25) is 0 Å². The molecule has 0 saturated carbocycles. The molecule has 1 rings (SSSR count). The third-order valence-corrected chi connectivity index (χ3v) is 3.50. The molecule has 1 aromatic rings. The van der Waals surface area contributed by atoms with Crippen molar-refractivity contribution in [3.8, 4) is 0 Å². The minimum atomic E-state index is -3.67. The molecule has 0 aromatic heterocycles. The van der Waals surface area contributed by atoms with Gasteiger partial charge < -0.3 is 0 Å². The molecule has 1 aromatic carbocycles. The SMILES string of the molecule is COP(=O)(NC(=O)c1ccc([N+](=O)[O-])cc1)OC. The van der Waals surface area contributed by atoms with Crippen molar-refractivity contribution in [3.63, 3.8) is 0 Å². The van der Waals surface area contributed by atoms with E-state index in [-0.39, 0.29) is 11.3 Å². The van der Waals surface area contributed by atoms with Gasteiger partial charge in [0.25, 0.3) is 11.6 Å². The topological polar surface area (TPSA) is 108 Å². The molecule has 0 unspecified atom stereocenters. The van der Waals surface area contributed by atoms with Crippen molar-refractivity contribution in [1.82, 2.24) is 5.09 Å². The molecule has 0 saturated heterocycles. The van der Waals surface area contributed by atoms with E-state index in [0.29, 0.717) is 0 Å². The Morgan fingerprint density at radius 2 is 1.78 bits per heavy atom. The highest BCUT2D eigenvalue weighted by molar-refractivity contribution is 7.52. The van der Waals surface area contributed by atoms with E-state index in [9.17, 15) is 19.5 Å². The van der Waals surface area contributed by atoms with Gasteiger partial charge in [-0.15, -0.1) is 0 Å². The van der Waals surface area contributed by atoms with Gasteiger partial charge in [0.05, 0.1) is 4.92 Å². The van der Waals surface area contributed by atoms with Crippen molar-refractivity contribution in [1.29, 1.82) is 0 Å². The van der Waals surface area contributed by atoms with Gasteiger partial charge in [-0.2, -0.15) is 0 Å². The minimum Gasteiger partial charge on any atom is -0.296 e. The predicted molar refractivity (Wildman–Crippen MR) is 62.2 cm³/mol. The molecule has 9 heteroatoms. The molecule has 0 heterocycles. The van der Waals surface area contributed by atoms with Crippen LogP contribution in [0.1, 0.15) is 10.4 Å². The lowest BCUT2D eigenvalue weighted by Crippen LogP contribution is -2.21. The second-order valence-electron chi connectivity index (χ2n) is 3.11. The van der Waals surface area contributed by atoms with Crippen LogP contribution in [-0.4, -0.2) is 25.1 Å². The van der Waals surface area contributed by atoms with E-state index >= 15 is 0 Å². The van der Waals surface area contributed by atoms with E-state index in [2.05, 4.69) is 14.1 Å². The second-order valence-corrected chi connectivity index (χ2v) is 5.06. The van der Waals surface area contributed by atoms with Crippen LogP contribution in [-0.2, 0) is 13.6 Å². The first-order valence-corrected chi connectivity index (χ1v) is 6.24. The zero-order chi connectivity index (χ0) is 13.8. The fourth-order valence-electron chi connectivity index (χ4n) is 1.09. The molecule has 0 bridgehead atoms. The summed E-state index contributed by atoms with van der Waals surface area (Å²) in [6.45, 7) is 0. The highest BCUT2D eigenvalue weighted by Crippen LogP contribution is 2.41. The summed E-state index contributed by atoms with van der Waals surface area (Å²) in [6, 6.07) is 4.81. The zero-order valence-electron chi connectivity index (χ0n) is 9.65.